The molecule has 0 spiro atoms. The molecule has 0 amide bonds. The Morgan fingerprint density at radius 1 is 1.30 bits per heavy atom. The maximum Gasteiger partial charge on any atom is 0.146 e. The van der Waals surface area contributed by atoms with Gasteiger partial charge in [0.1, 0.15) is 10.5 Å². The molecule has 0 aromatic heterocycles. The normalized spacial score (nSPS) is 17.1. The van der Waals surface area contributed by atoms with E-state index in [1.165, 1.54) is 19.3 Å². The lowest BCUT2D eigenvalue weighted by molar-refractivity contribution is 0.181. The topological polar surface area (TPSA) is 9.23 Å². The van der Waals surface area contributed by atoms with Crippen LogP contribution in [-0.4, -0.2) is 16.6 Å². The highest BCUT2D eigenvalue weighted by molar-refractivity contribution is 5.98. The summed E-state index contributed by atoms with van der Waals surface area (Å²) >= 11 is 0. The van der Waals surface area contributed by atoms with Crippen molar-refractivity contribution < 1.29 is 4.43 Å². The third kappa shape index (κ3) is 4.07. The van der Waals surface area contributed by atoms with Crippen LogP contribution in [-0.2, 0) is 4.43 Å². The fourth-order valence-electron chi connectivity index (χ4n) is 1.05. The molecule has 10 heavy (non-hydrogen) atoms. The van der Waals surface area contributed by atoms with Crippen molar-refractivity contribution in [2.75, 3.05) is 0 Å². The van der Waals surface area contributed by atoms with Crippen LogP contribution in [0.1, 0.15) is 40.0 Å². The zero-order valence-electron chi connectivity index (χ0n) is 7.68. The molecule has 0 saturated heterocycles. The van der Waals surface area contributed by atoms with E-state index in [4.69, 9.17) is 4.43 Å². The van der Waals surface area contributed by atoms with Gasteiger partial charge in [0, 0.05) is 6.10 Å². The Bertz CT molecular complexity index is 71.7. The van der Waals surface area contributed by atoms with Gasteiger partial charge in [-0.1, -0.05) is 27.2 Å². The van der Waals surface area contributed by atoms with Gasteiger partial charge < -0.3 is 4.43 Å². The molecule has 62 valence electrons. The standard InChI is InChI=1S/C8H20OSi/c1-4-7(3)6-8(5-2)9-10/h7-8H,4-6H2,1-3,10H3. The van der Waals surface area contributed by atoms with Crippen LogP contribution in [0.3, 0.4) is 0 Å². The van der Waals surface area contributed by atoms with E-state index in [2.05, 4.69) is 20.8 Å². The monoisotopic (exact) mass is 160 g/mol. The van der Waals surface area contributed by atoms with Gasteiger partial charge in [-0.05, 0) is 18.8 Å². The first-order valence-electron chi connectivity index (χ1n) is 4.27. The predicted octanol–water partition coefficient (Wildman–Crippen LogP) is 1.50. The third-order valence-corrected chi connectivity index (χ3v) is 2.82. The second-order valence-electron chi connectivity index (χ2n) is 3.02. The summed E-state index contributed by atoms with van der Waals surface area (Å²) in [5.41, 5.74) is 0. The molecule has 0 rings (SSSR count). The van der Waals surface area contributed by atoms with E-state index in [1.54, 1.807) is 0 Å². The van der Waals surface area contributed by atoms with Crippen LogP contribution in [0.2, 0.25) is 0 Å². The van der Waals surface area contributed by atoms with Crippen molar-refractivity contribution in [3.05, 3.63) is 0 Å². The molecule has 0 saturated carbocycles. The van der Waals surface area contributed by atoms with E-state index in [0.29, 0.717) is 6.10 Å². The second-order valence-corrected chi connectivity index (χ2v) is 3.49. The van der Waals surface area contributed by atoms with Gasteiger partial charge in [-0.3, -0.25) is 0 Å². The van der Waals surface area contributed by atoms with Gasteiger partial charge in [0.15, 0.2) is 0 Å². The Kier molecular flexibility index (Phi) is 6.03. The highest BCUT2D eigenvalue weighted by atomic mass is 28.2. The zero-order chi connectivity index (χ0) is 7.98. The van der Waals surface area contributed by atoms with E-state index < -0.39 is 0 Å². The molecule has 0 heterocycles. The molecule has 0 aromatic rings. The summed E-state index contributed by atoms with van der Waals surface area (Å²) in [6, 6.07) is 0. The highest BCUT2D eigenvalue weighted by Crippen LogP contribution is 2.13. The summed E-state index contributed by atoms with van der Waals surface area (Å²) in [5, 5.41) is 0. The molecule has 0 aliphatic rings. The first-order valence-corrected chi connectivity index (χ1v) is 5.09. The SMILES string of the molecule is CCC(C)CC(CC)O[SiH3]. The summed E-state index contributed by atoms with van der Waals surface area (Å²) < 4.78 is 5.41. The van der Waals surface area contributed by atoms with E-state index in [-0.39, 0.29) is 0 Å². The molecule has 2 heteroatoms. The minimum atomic E-state index is 0.543. The lowest BCUT2D eigenvalue weighted by Crippen LogP contribution is -2.13. The largest absolute Gasteiger partial charge is 0.425 e. The maximum atomic E-state index is 5.41. The number of hydrogen-bond donors (Lipinski definition) is 0. The third-order valence-electron chi connectivity index (χ3n) is 2.15. The average Bonchev–Trinajstić information content (AvgIpc) is 1.99. The first kappa shape index (κ1) is 10.2. The van der Waals surface area contributed by atoms with Crippen molar-refractivity contribution in [3.8, 4) is 0 Å². The van der Waals surface area contributed by atoms with E-state index in [1.807, 2.05) is 0 Å². The van der Waals surface area contributed by atoms with Crippen molar-refractivity contribution in [1.82, 2.24) is 0 Å². The van der Waals surface area contributed by atoms with E-state index >= 15 is 0 Å². The molecule has 1 nitrogen and oxygen atoms in total. The van der Waals surface area contributed by atoms with Crippen molar-refractivity contribution >= 4 is 10.5 Å². The molecule has 0 N–H and O–H groups in total. The molecular formula is C8H20OSi. The average molecular weight is 160 g/mol. The molecule has 2 unspecified atom stereocenters. The lowest BCUT2D eigenvalue weighted by atomic mass is 10.00. The van der Waals surface area contributed by atoms with Crippen molar-refractivity contribution in [2.24, 2.45) is 5.92 Å². The van der Waals surface area contributed by atoms with Crippen LogP contribution in [0.4, 0.5) is 0 Å². The summed E-state index contributed by atoms with van der Waals surface area (Å²) in [6.07, 6.45) is 4.24. The molecule has 0 bridgehead atoms. The molecule has 0 aromatic carbocycles. The number of hydrogen-bond acceptors (Lipinski definition) is 1. The summed E-state index contributed by atoms with van der Waals surface area (Å²) in [4.78, 5) is 0. The van der Waals surface area contributed by atoms with Crippen LogP contribution >= 0.6 is 0 Å². The second kappa shape index (κ2) is 5.92. The molecule has 0 radical (unpaired) electrons. The fourth-order valence-corrected chi connectivity index (χ4v) is 1.57. The summed E-state index contributed by atoms with van der Waals surface area (Å²) in [6.45, 7) is 6.73. The molecule has 0 aliphatic carbocycles. The molecule has 0 aliphatic heterocycles. The lowest BCUT2D eigenvalue weighted by Gasteiger charge is -2.17. The molecule has 2 atom stereocenters. The van der Waals surface area contributed by atoms with Crippen LogP contribution in [0.15, 0.2) is 0 Å². The van der Waals surface area contributed by atoms with Gasteiger partial charge >= 0.3 is 0 Å². The van der Waals surface area contributed by atoms with Gasteiger partial charge in [-0.15, -0.1) is 0 Å². The Morgan fingerprint density at radius 3 is 2.20 bits per heavy atom. The molecular weight excluding hydrogens is 140 g/mol. The van der Waals surface area contributed by atoms with Crippen LogP contribution < -0.4 is 0 Å². The van der Waals surface area contributed by atoms with Crippen molar-refractivity contribution in [3.63, 3.8) is 0 Å². The smallest absolute Gasteiger partial charge is 0.146 e. The van der Waals surface area contributed by atoms with Gasteiger partial charge in [-0.25, -0.2) is 0 Å². The minimum Gasteiger partial charge on any atom is -0.425 e. The Balaban J connectivity index is 3.41. The highest BCUT2D eigenvalue weighted by Gasteiger charge is 2.07. The summed E-state index contributed by atoms with van der Waals surface area (Å²) in [7, 11) is 0.890. The van der Waals surface area contributed by atoms with Gasteiger partial charge in [-0.2, -0.15) is 0 Å². The van der Waals surface area contributed by atoms with Crippen LogP contribution in [0.25, 0.3) is 0 Å². The fraction of sp³-hybridized carbons (Fsp3) is 1.00. The van der Waals surface area contributed by atoms with Gasteiger partial charge in [0.05, 0.1) is 0 Å². The summed E-state index contributed by atoms with van der Waals surface area (Å²) in [5.74, 6) is 0.832. The Morgan fingerprint density at radius 2 is 1.90 bits per heavy atom. The van der Waals surface area contributed by atoms with Crippen molar-refractivity contribution in [1.29, 1.82) is 0 Å². The van der Waals surface area contributed by atoms with Gasteiger partial charge in [0.25, 0.3) is 0 Å². The van der Waals surface area contributed by atoms with Crippen LogP contribution in [0.5, 0.6) is 0 Å². The zero-order valence-corrected chi connectivity index (χ0v) is 9.68. The first-order chi connectivity index (χ1) is 4.74. The van der Waals surface area contributed by atoms with Gasteiger partial charge in [0.2, 0.25) is 0 Å². The number of rotatable bonds is 5. The van der Waals surface area contributed by atoms with Crippen molar-refractivity contribution in [2.45, 2.75) is 46.1 Å². The molecule has 0 fully saturated rings. The quantitative estimate of drug-likeness (QED) is 0.554. The Labute approximate surface area is 67.7 Å². The van der Waals surface area contributed by atoms with E-state index in [9.17, 15) is 0 Å². The Hall–Kier alpha value is 0.177. The van der Waals surface area contributed by atoms with Crippen LogP contribution in [0, 0.1) is 5.92 Å². The van der Waals surface area contributed by atoms with E-state index in [0.717, 1.165) is 16.4 Å². The minimum absolute atomic E-state index is 0.543. The predicted molar refractivity (Wildman–Crippen MR) is 49.2 cm³/mol. The maximum absolute atomic E-state index is 5.41.